The van der Waals surface area contributed by atoms with Crippen LogP contribution in [0.4, 0.5) is 13.2 Å². The van der Waals surface area contributed by atoms with Crippen molar-refractivity contribution in [3.8, 4) is 0 Å². The van der Waals surface area contributed by atoms with E-state index in [1.165, 1.54) is 18.2 Å². The highest BCUT2D eigenvalue weighted by Crippen LogP contribution is 2.28. The van der Waals surface area contributed by atoms with Gasteiger partial charge in [0.1, 0.15) is 0 Å². The lowest BCUT2D eigenvalue weighted by molar-refractivity contribution is -0.0281. The van der Waals surface area contributed by atoms with Crippen molar-refractivity contribution < 1.29 is 13.2 Å². The summed E-state index contributed by atoms with van der Waals surface area (Å²) in [5, 5.41) is 0. The molecule has 0 aliphatic rings. The molecule has 0 saturated heterocycles. The first-order valence-electron chi connectivity index (χ1n) is 3.57. The zero-order chi connectivity index (χ0) is 9.19. The predicted octanol–water partition coefficient (Wildman–Crippen LogP) is 3.06. The van der Waals surface area contributed by atoms with Gasteiger partial charge in [0.2, 0.25) is 0 Å². The van der Waals surface area contributed by atoms with Crippen LogP contribution in [0.1, 0.15) is 11.1 Å². The third-order valence-corrected chi connectivity index (χ3v) is 1.61. The number of hydrogen-bond donors (Lipinski definition) is 0. The van der Waals surface area contributed by atoms with Crippen molar-refractivity contribution in [3.63, 3.8) is 0 Å². The van der Waals surface area contributed by atoms with Crippen LogP contribution in [0.15, 0.2) is 24.3 Å². The first-order valence-corrected chi connectivity index (χ1v) is 3.57. The van der Waals surface area contributed by atoms with Crippen LogP contribution in [0.3, 0.4) is 0 Å². The Morgan fingerprint density at radius 1 is 1.33 bits per heavy atom. The first kappa shape index (κ1) is 9.10. The van der Waals surface area contributed by atoms with E-state index in [4.69, 9.17) is 0 Å². The molecule has 1 aromatic carbocycles. The van der Waals surface area contributed by atoms with Crippen LogP contribution in [0.5, 0.6) is 0 Å². The molecule has 0 atom stereocenters. The highest BCUT2D eigenvalue weighted by Gasteiger charge is 2.31. The molecule has 12 heavy (non-hydrogen) atoms. The molecule has 0 aromatic heterocycles. The quantitative estimate of drug-likeness (QED) is 0.646. The van der Waals surface area contributed by atoms with Gasteiger partial charge in [0.05, 0.1) is 0 Å². The van der Waals surface area contributed by atoms with E-state index in [1.54, 1.807) is 13.0 Å². The summed E-state index contributed by atoms with van der Waals surface area (Å²) in [5.41, 5.74) is 0.450. The van der Waals surface area contributed by atoms with Crippen LogP contribution in [-0.4, -0.2) is 6.67 Å². The molecule has 0 saturated carbocycles. The number of halogens is 3. The minimum absolute atomic E-state index is 0.259. The number of rotatable bonds is 2. The molecule has 0 nitrogen and oxygen atoms in total. The van der Waals surface area contributed by atoms with Crippen molar-refractivity contribution in [2.45, 2.75) is 12.8 Å². The Morgan fingerprint density at radius 2 is 2.00 bits per heavy atom. The number of hydrogen-bond acceptors (Lipinski definition) is 0. The van der Waals surface area contributed by atoms with Crippen LogP contribution >= 0.6 is 0 Å². The monoisotopic (exact) mass is 174 g/mol. The Balaban J connectivity index is 3.03. The fraction of sp³-hybridized carbons (Fsp3) is 0.333. The van der Waals surface area contributed by atoms with Crippen LogP contribution in [0.25, 0.3) is 0 Å². The summed E-state index contributed by atoms with van der Waals surface area (Å²) in [6.07, 6.45) is 0. The van der Waals surface area contributed by atoms with Gasteiger partial charge in [-0.3, -0.25) is 0 Å². The highest BCUT2D eigenvalue weighted by molar-refractivity contribution is 5.25. The summed E-state index contributed by atoms with van der Waals surface area (Å²) >= 11 is 0. The van der Waals surface area contributed by atoms with E-state index in [0.717, 1.165) is 0 Å². The molecular weight excluding hydrogens is 165 g/mol. The summed E-state index contributed by atoms with van der Waals surface area (Å²) in [6.45, 7) is 0.0499. The number of alkyl halides is 3. The molecule has 0 amide bonds. The van der Waals surface area contributed by atoms with Crippen LogP contribution in [0, 0.1) is 6.92 Å². The Hall–Kier alpha value is -0.990. The van der Waals surface area contributed by atoms with Crippen LogP contribution in [0.2, 0.25) is 0 Å². The lowest BCUT2D eigenvalue weighted by Crippen LogP contribution is -2.15. The molecule has 0 radical (unpaired) electrons. The smallest absolute Gasteiger partial charge is 0.244 e. The third-order valence-electron chi connectivity index (χ3n) is 1.61. The fourth-order valence-electron chi connectivity index (χ4n) is 0.950. The molecule has 0 aliphatic carbocycles. The molecule has 1 rings (SSSR count). The van der Waals surface area contributed by atoms with Gasteiger partial charge in [0.25, 0.3) is 0 Å². The van der Waals surface area contributed by atoms with Crippen molar-refractivity contribution in [1.29, 1.82) is 0 Å². The molecule has 3 heteroatoms. The molecule has 0 aliphatic heterocycles. The average molecular weight is 174 g/mol. The summed E-state index contributed by atoms with van der Waals surface area (Å²) in [4.78, 5) is 0. The SMILES string of the molecule is Cc1cccc(C(F)(F)CF)c1. The molecule has 0 heterocycles. The molecule has 0 N–H and O–H groups in total. The van der Waals surface area contributed by atoms with E-state index in [-0.39, 0.29) is 5.56 Å². The second kappa shape index (κ2) is 3.17. The zero-order valence-electron chi connectivity index (χ0n) is 6.65. The number of benzene rings is 1. The van der Waals surface area contributed by atoms with Crippen LogP contribution < -0.4 is 0 Å². The Labute approximate surface area is 69.0 Å². The Morgan fingerprint density at radius 3 is 2.50 bits per heavy atom. The van der Waals surface area contributed by atoms with Crippen molar-refractivity contribution in [3.05, 3.63) is 35.4 Å². The van der Waals surface area contributed by atoms with Crippen LogP contribution in [-0.2, 0) is 5.92 Å². The maximum atomic E-state index is 12.7. The maximum Gasteiger partial charge on any atom is 0.301 e. The van der Waals surface area contributed by atoms with Gasteiger partial charge in [0.15, 0.2) is 6.67 Å². The second-order valence-corrected chi connectivity index (χ2v) is 2.71. The van der Waals surface area contributed by atoms with Gasteiger partial charge in [0, 0.05) is 5.56 Å². The van der Waals surface area contributed by atoms with E-state index < -0.39 is 12.6 Å². The molecule has 66 valence electrons. The van der Waals surface area contributed by atoms with Gasteiger partial charge >= 0.3 is 5.92 Å². The summed E-state index contributed by atoms with van der Waals surface area (Å²) < 4.78 is 37.2. The largest absolute Gasteiger partial charge is 0.301 e. The topological polar surface area (TPSA) is 0 Å². The lowest BCUT2D eigenvalue weighted by Gasteiger charge is -2.12. The summed E-state index contributed by atoms with van der Waals surface area (Å²) in [7, 11) is 0. The van der Waals surface area contributed by atoms with Gasteiger partial charge in [-0.1, -0.05) is 29.8 Å². The van der Waals surface area contributed by atoms with Gasteiger partial charge < -0.3 is 0 Å². The highest BCUT2D eigenvalue weighted by atomic mass is 19.3. The Bertz CT molecular complexity index is 268. The predicted molar refractivity (Wildman–Crippen MR) is 41.0 cm³/mol. The molecular formula is C9H9F3. The van der Waals surface area contributed by atoms with E-state index in [9.17, 15) is 13.2 Å². The van der Waals surface area contributed by atoms with E-state index in [1.807, 2.05) is 0 Å². The number of aryl methyl sites for hydroxylation is 1. The van der Waals surface area contributed by atoms with Crippen molar-refractivity contribution in [2.75, 3.05) is 6.67 Å². The Kier molecular flexibility index (Phi) is 2.40. The standard InChI is InChI=1S/C9H9F3/c1-7-3-2-4-8(5-7)9(11,12)6-10/h2-5H,6H2,1H3. The zero-order valence-corrected chi connectivity index (χ0v) is 6.65. The van der Waals surface area contributed by atoms with Crippen molar-refractivity contribution in [2.24, 2.45) is 0 Å². The average Bonchev–Trinajstić information content (AvgIpc) is 2.05. The van der Waals surface area contributed by atoms with E-state index in [2.05, 4.69) is 0 Å². The molecule has 0 spiro atoms. The van der Waals surface area contributed by atoms with E-state index in [0.29, 0.717) is 5.56 Å². The molecule has 0 unspecified atom stereocenters. The van der Waals surface area contributed by atoms with E-state index >= 15 is 0 Å². The summed E-state index contributed by atoms with van der Waals surface area (Å²) in [6, 6.07) is 5.71. The normalized spacial score (nSPS) is 11.7. The van der Waals surface area contributed by atoms with Gasteiger partial charge in [-0.25, -0.2) is 4.39 Å². The lowest BCUT2D eigenvalue weighted by atomic mass is 10.1. The third kappa shape index (κ3) is 1.78. The van der Waals surface area contributed by atoms with Gasteiger partial charge in [-0.2, -0.15) is 8.78 Å². The van der Waals surface area contributed by atoms with Crippen molar-refractivity contribution >= 4 is 0 Å². The van der Waals surface area contributed by atoms with Gasteiger partial charge in [-0.05, 0) is 6.92 Å². The molecule has 1 aromatic rings. The minimum Gasteiger partial charge on any atom is -0.244 e. The summed E-state index contributed by atoms with van der Waals surface area (Å²) in [5.74, 6) is -3.34. The first-order chi connectivity index (χ1) is 5.56. The van der Waals surface area contributed by atoms with Crippen molar-refractivity contribution in [1.82, 2.24) is 0 Å². The van der Waals surface area contributed by atoms with Gasteiger partial charge in [-0.15, -0.1) is 0 Å². The molecule has 0 fully saturated rings. The minimum atomic E-state index is -3.34. The molecule has 0 bridgehead atoms. The fourth-order valence-corrected chi connectivity index (χ4v) is 0.950. The maximum absolute atomic E-state index is 12.7. The second-order valence-electron chi connectivity index (χ2n) is 2.71.